The molecule has 4 heterocycles. The summed E-state index contributed by atoms with van der Waals surface area (Å²) in [4.78, 5) is 57.9. The van der Waals surface area contributed by atoms with Crippen molar-refractivity contribution in [3.63, 3.8) is 0 Å². The monoisotopic (exact) mass is 647 g/mol. The van der Waals surface area contributed by atoms with Crippen LogP contribution in [0.1, 0.15) is 52.6 Å². The zero-order valence-corrected chi connectivity index (χ0v) is 27.2. The number of pyridine rings is 1. The standard InChI is InChI=1S/C35H37N9O4/c1-41(2)34(47)29-18-25-21-38-35(40-32(25)44(29)26-6-4-5-7-26)39-31-13-10-27(22-37-31)42-14-16-43(17-15-42)33(46)24(20-36)19-30(45)23-8-11-28(48-3)12-9-23/h8-13,18-19,21-22,26H,4-7,14-17H2,1-3H3,(H,37,38,39,40)/b24-19+. The quantitative estimate of drug-likeness (QED) is 0.158. The van der Waals surface area contributed by atoms with Gasteiger partial charge in [-0.25, -0.2) is 9.97 Å². The molecule has 0 atom stereocenters. The first kappa shape index (κ1) is 32.2. The molecule has 3 aromatic heterocycles. The summed E-state index contributed by atoms with van der Waals surface area (Å²) in [5, 5.41) is 13.7. The number of hydrogen-bond acceptors (Lipinski definition) is 10. The average molecular weight is 648 g/mol. The maximum absolute atomic E-state index is 13.1. The number of nitrogens with one attached hydrogen (secondary N) is 1. The Balaban J connectivity index is 1.09. The summed E-state index contributed by atoms with van der Waals surface area (Å²) in [6, 6.07) is 14.3. The summed E-state index contributed by atoms with van der Waals surface area (Å²) >= 11 is 0. The molecule has 48 heavy (non-hydrogen) atoms. The van der Waals surface area contributed by atoms with Crippen LogP contribution in [0.4, 0.5) is 17.5 Å². The Morgan fingerprint density at radius 3 is 2.35 bits per heavy atom. The lowest BCUT2D eigenvalue weighted by Crippen LogP contribution is -2.49. The highest BCUT2D eigenvalue weighted by Crippen LogP contribution is 2.35. The molecule has 2 fully saturated rings. The number of rotatable bonds is 9. The number of hydrogen-bond donors (Lipinski definition) is 1. The summed E-state index contributed by atoms with van der Waals surface area (Å²) in [5.41, 5.74) is 2.41. The van der Waals surface area contributed by atoms with E-state index in [9.17, 15) is 19.6 Å². The summed E-state index contributed by atoms with van der Waals surface area (Å²) in [6.07, 6.45) is 8.86. The third-order valence-corrected chi connectivity index (χ3v) is 8.81. The fourth-order valence-corrected chi connectivity index (χ4v) is 6.21. The lowest BCUT2D eigenvalue weighted by atomic mass is 10.1. The van der Waals surface area contributed by atoms with E-state index in [1.807, 2.05) is 24.3 Å². The maximum atomic E-state index is 13.1. The van der Waals surface area contributed by atoms with Gasteiger partial charge in [-0.3, -0.25) is 14.4 Å². The topological polar surface area (TPSA) is 150 Å². The van der Waals surface area contributed by atoms with E-state index >= 15 is 0 Å². The van der Waals surface area contributed by atoms with Gasteiger partial charge in [-0.2, -0.15) is 10.2 Å². The third-order valence-electron chi connectivity index (χ3n) is 8.81. The molecule has 1 aliphatic heterocycles. The van der Waals surface area contributed by atoms with Crippen LogP contribution in [0, 0.1) is 11.3 Å². The Hall–Kier alpha value is -5.77. The summed E-state index contributed by atoms with van der Waals surface area (Å²) in [5.74, 6) is 0.628. The van der Waals surface area contributed by atoms with Crippen LogP contribution in [0.2, 0.25) is 0 Å². The molecule has 1 aromatic carbocycles. The smallest absolute Gasteiger partial charge is 0.270 e. The molecule has 6 rings (SSSR count). The molecule has 2 aliphatic rings. The highest BCUT2D eigenvalue weighted by molar-refractivity contribution is 6.11. The van der Waals surface area contributed by atoms with Crippen LogP contribution in [0.25, 0.3) is 11.0 Å². The molecule has 1 aliphatic carbocycles. The van der Waals surface area contributed by atoms with E-state index in [-0.39, 0.29) is 17.5 Å². The number of methoxy groups -OCH3 is 1. The van der Waals surface area contributed by atoms with Crippen molar-refractivity contribution in [3.05, 3.63) is 77.8 Å². The van der Waals surface area contributed by atoms with Crippen molar-refractivity contribution in [2.75, 3.05) is 57.6 Å². The number of allylic oxidation sites excluding steroid dienone is 1. The van der Waals surface area contributed by atoms with Crippen LogP contribution in [0.3, 0.4) is 0 Å². The average Bonchev–Trinajstić information content (AvgIpc) is 3.78. The number of carbonyl (C=O) groups excluding carboxylic acids is 3. The van der Waals surface area contributed by atoms with E-state index < -0.39 is 11.7 Å². The maximum Gasteiger partial charge on any atom is 0.270 e. The van der Waals surface area contributed by atoms with Gasteiger partial charge in [0.1, 0.15) is 34.6 Å². The lowest BCUT2D eigenvalue weighted by molar-refractivity contribution is -0.127. The highest BCUT2D eigenvalue weighted by Gasteiger charge is 2.27. The minimum Gasteiger partial charge on any atom is -0.497 e. The van der Waals surface area contributed by atoms with E-state index in [1.54, 1.807) is 60.6 Å². The van der Waals surface area contributed by atoms with E-state index in [0.29, 0.717) is 55.0 Å². The Morgan fingerprint density at radius 2 is 1.73 bits per heavy atom. The molecular weight excluding hydrogens is 610 g/mol. The Bertz CT molecular complexity index is 1900. The number of ether oxygens (including phenoxy) is 1. The number of fused-ring (bicyclic) bond motifs is 1. The van der Waals surface area contributed by atoms with Gasteiger partial charge in [0.2, 0.25) is 5.95 Å². The SMILES string of the molecule is COc1ccc(C(=O)/C=C(\C#N)C(=O)N2CCN(c3ccc(Nc4ncc5cc(C(=O)N(C)C)n(C6CCCC6)c5n4)nc3)CC2)cc1. The van der Waals surface area contributed by atoms with Crippen molar-refractivity contribution in [3.8, 4) is 11.8 Å². The van der Waals surface area contributed by atoms with Crippen molar-refractivity contribution in [2.24, 2.45) is 0 Å². The third kappa shape index (κ3) is 6.69. The number of ketones is 1. The first-order chi connectivity index (χ1) is 23.2. The summed E-state index contributed by atoms with van der Waals surface area (Å²) < 4.78 is 7.19. The molecule has 13 heteroatoms. The number of aromatic nitrogens is 4. The van der Waals surface area contributed by atoms with Crippen LogP contribution in [0.15, 0.2) is 66.5 Å². The first-order valence-corrected chi connectivity index (χ1v) is 15.9. The molecule has 1 N–H and O–H groups in total. The van der Waals surface area contributed by atoms with Crippen LogP contribution < -0.4 is 15.0 Å². The van der Waals surface area contributed by atoms with Crippen LogP contribution in [-0.4, -0.2) is 94.3 Å². The van der Waals surface area contributed by atoms with Crippen molar-refractivity contribution in [2.45, 2.75) is 31.7 Å². The number of carbonyl (C=O) groups is 3. The van der Waals surface area contributed by atoms with Crippen LogP contribution in [0.5, 0.6) is 5.75 Å². The van der Waals surface area contributed by atoms with Crippen LogP contribution in [-0.2, 0) is 4.79 Å². The normalized spacial score (nSPS) is 15.3. The molecule has 1 saturated carbocycles. The van der Waals surface area contributed by atoms with Gasteiger partial charge in [0, 0.05) is 69.5 Å². The molecule has 0 bridgehead atoms. The van der Waals surface area contributed by atoms with Crippen molar-refractivity contribution in [1.29, 1.82) is 5.26 Å². The second kappa shape index (κ2) is 13.9. The molecule has 1 saturated heterocycles. The fraction of sp³-hybridized carbons (Fsp3) is 0.343. The Kier molecular flexibility index (Phi) is 9.33. The van der Waals surface area contributed by atoms with Crippen molar-refractivity contribution < 1.29 is 19.1 Å². The van der Waals surface area contributed by atoms with Gasteiger partial charge in [0.05, 0.1) is 19.0 Å². The fourth-order valence-electron chi connectivity index (χ4n) is 6.21. The van der Waals surface area contributed by atoms with Gasteiger partial charge < -0.3 is 29.3 Å². The number of nitrogens with zero attached hydrogens (tertiary/aromatic N) is 8. The van der Waals surface area contributed by atoms with E-state index in [4.69, 9.17) is 9.72 Å². The van der Waals surface area contributed by atoms with Gasteiger partial charge in [0.25, 0.3) is 11.8 Å². The zero-order chi connectivity index (χ0) is 33.8. The zero-order valence-electron chi connectivity index (χ0n) is 27.2. The van der Waals surface area contributed by atoms with E-state index in [2.05, 4.69) is 24.8 Å². The van der Waals surface area contributed by atoms with Gasteiger partial charge in [-0.1, -0.05) is 12.8 Å². The molecule has 0 spiro atoms. The molecule has 0 unspecified atom stereocenters. The number of nitriles is 1. The molecule has 4 aromatic rings. The predicted molar refractivity (Wildman–Crippen MR) is 180 cm³/mol. The summed E-state index contributed by atoms with van der Waals surface area (Å²) in [7, 11) is 5.04. The van der Waals surface area contributed by atoms with Crippen molar-refractivity contribution in [1.82, 2.24) is 29.3 Å². The summed E-state index contributed by atoms with van der Waals surface area (Å²) in [6.45, 7) is 1.86. The van der Waals surface area contributed by atoms with Crippen LogP contribution >= 0.6 is 0 Å². The number of amides is 2. The molecule has 2 amide bonds. The molecule has 13 nitrogen and oxygen atoms in total. The largest absolute Gasteiger partial charge is 0.497 e. The second-order valence-electron chi connectivity index (χ2n) is 12.1. The van der Waals surface area contributed by atoms with Gasteiger partial charge in [-0.15, -0.1) is 0 Å². The minimum absolute atomic E-state index is 0.0568. The van der Waals surface area contributed by atoms with Gasteiger partial charge in [-0.05, 0) is 55.3 Å². The molecular formula is C35H37N9O4. The predicted octanol–water partition coefficient (Wildman–Crippen LogP) is 4.38. The van der Waals surface area contributed by atoms with Gasteiger partial charge >= 0.3 is 0 Å². The van der Waals surface area contributed by atoms with E-state index in [0.717, 1.165) is 48.5 Å². The van der Waals surface area contributed by atoms with Gasteiger partial charge in [0.15, 0.2) is 5.78 Å². The number of benzene rings is 1. The molecule has 246 valence electrons. The second-order valence-corrected chi connectivity index (χ2v) is 12.1. The Morgan fingerprint density at radius 1 is 1.00 bits per heavy atom. The lowest BCUT2D eigenvalue weighted by Gasteiger charge is -2.35. The van der Waals surface area contributed by atoms with E-state index in [1.165, 1.54) is 7.11 Å². The van der Waals surface area contributed by atoms with Crippen molar-refractivity contribution >= 4 is 46.1 Å². The minimum atomic E-state index is -0.467. The number of anilines is 3. The molecule has 0 radical (unpaired) electrons. The first-order valence-electron chi connectivity index (χ1n) is 15.9. The number of piperazine rings is 1. The highest BCUT2D eigenvalue weighted by atomic mass is 16.5. The Labute approximate surface area is 278 Å².